The Hall–Kier alpha value is -1.92. The minimum absolute atomic E-state index is 0.102. The first-order valence-electron chi connectivity index (χ1n) is 9.07. The van der Waals surface area contributed by atoms with Crippen LogP contribution in [-0.2, 0) is 11.3 Å². The maximum absolute atomic E-state index is 12.7. The molecular weight excluding hydrogens is 318 g/mol. The first-order chi connectivity index (χ1) is 12.0. The van der Waals surface area contributed by atoms with Gasteiger partial charge in [0.1, 0.15) is 0 Å². The molecule has 0 aromatic heterocycles. The third-order valence-corrected chi connectivity index (χ3v) is 5.19. The summed E-state index contributed by atoms with van der Waals surface area (Å²) < 4.78 is 0. The highest BCUT2D eigenvalue weighted by atomic mass is 16.3. The molecule has 1 aromatic rings. The van der Waals surface area contributed by atoms with E-state index in [9.17, 15) is 14.7 Å². The average molecular weight is 345 g/mol. The fourth-order valence-corrected chi connectivity index (χ4v) is 3.81. The highest BCUT2D eigenvalue weighted by Gasteiger charge is 2.43. The van der Waals surface area contributed by atoms with Gasteiger partial charge in [-0.1, -0.05) is 12.1 Å². The van der Waals surface area contributed by atoms with Crippen LogP contribution in [0, 0.1) is 0 Å². The Kier molecular flexibility index (Phi) is 5.39. The van der Waals surface area contributed by atoms with E-state index in [2.05, 4.69) is 10.2 Å². The van der Waals surface area contributed by atoms with Crippen LogP contribution >= 0.6 is 0 Å². The molecule has 0 spiro atoms. The van der Waals surface area contributed by atoms with Crippen molar-refractivity contribution < 1.29 is 14.7 Å². The second-order valence-electron chi connectivity index (χ2n) is 7.12. The molecule has 2 N–H and O–H groups in total. The Balaban J connectivity index is 1.63. The molecule has 2 fully saturated rings. The summed E-state index contributed by atoms with van der Waals surface area (Å²) in [5, 5.41) is 13.5. The maximum Gasteiger partial charge on any atom is 0.255 e. The predicted octanol–water partition coefficient (Wildman–Crippen LogP) is 0.996. The molecule has 6 heteroatoms. The van der Waals surface area contributed by atoms with Crippen molar-refractivity contribution in [3.8, 4) is 0 Å². The molecule has 6 nitrogen and oxygen atoms in total. The molecule has 0 saturated carbocycles. The first-order valence-corrected chi connectivity index (χ1v) is 9.07. The van der Waals surface area contributed by atoms with E-state index < -0.39 is 5.60 Å². The summed E-state index contributed by atoms with van der Waals surface area (Å²) in [6.07, 6.45) is 3.41. The molecule has 0 bridgehead atoms. The Bertz CT molecular complexity index is 625. The largest absolute Gasteiger partial charge is 0.379 e. The highest BCUT2D eigenvalue weighted by molar-refractivity contribution is 5.93. The number of piperidine rings is 1. The summed E-state index contributed by atoms with van der Waals surface area (Å²) in [7, 11) is 1.61. The zero-order valence-electron chi connectivity index (χ0n) is 14.8. The number of carbonyl (C=O) groups excluding carboxylic acids is 2. The molecule has 2 saturated heterocycles. The average Bonchev–Trinajstić information content (AvgIpc) is 3.15. The third kappa shape index (κ3) is 4.02. The normalized spacial score (nSPS) is 24.3. The van der Waals surface area contributed by atoms with Crippen LogP contribution in [0.25, 0.3) is 0 Å². The smallest absolute Gasteiger partial charge is 0.255 e. The van der Waals surface area contributed by atoms with E-state index in [-0.39, 0.29) is 11.8 Å². The van der Waals surface area contributed by atoms with Crippen LogP contribution in [-0.4, -0.2) is 65.5 Å². The number of nitrogens with one attached hydrogen (secondary N) is 1. The van der Waals surface area contributed by atoms with E-state index in [0.717, 1.165) is 44.5 Å². The highest BCUT2D eigenvalue weighted by Crippen LogP contribution is 2.26. The van der Waals surface area contributed by atoms with Crippen LogP contribution in [0.1, 0.15) is 41.6 Å². The van der Waals surface area contributed by atoms with Crippen molar-refractivity contribution in [2.75, 3.05) is 33.2 Å². The van der Waals surface area contributed by atoms with Crippen molar-refractivity contribution >= 4 is 11.8 Å². The summed E-state index contributed by atoms with van der Waals surface area (Å²) in [5.74, 6) is -0.209. The number of amides is 2. The van der Waals surface area contributed by atoms with Crippen molar-refractivity contribution in [3.05, 3.63) is 35.4 Å². The fraction of sp³-hybridized carbons (Fsp3) is 0.579. The van der Waals surface area contributed by atoms with Crippen molar-refractivity contribution in [1.82, 2.24) is 15.1 Å². The molecule has 0 unspecified atom stereocenters. The lowest BCUT2D eigenvalue weighted by Crippen LogP contribution is -2.57. The van der Waals surface area contributed by atoms with Crippen molar-refractivity contribution in [2.45, 2.75) is 37.8 Å². The monoisotopic (exact) mass is 345 g/mol. The minimum Gasteiger partial charge on any atom is -0.379 e. The summed E-state index contributed by atoms with van der Waals surface area (Å²) >= 11 is 0. The number of aliphatic hydroxyl groups is 1. The quantitative estimate of drug-likeness (QED) is 0.854. The maximum atomic E-state index is 12.7. The number of β-amino-alcohol motifs (C(OH)–C–C–N with tert-alkyl or cyclic N) is 1. The standard InChI is InChI=1S/C19H27N3O3/c1-20-17(23)16-7-5-15(6-8-16)13-21-10-4-9-19(25,14-21)18(24)22-11-2-3-12-22/h5-8,25H,2-4,9-14H2,1H3,(H,20,23)/t19-/m1/s1. The lowest BCUT2D eigenvalue weighted by molar-refractivity contribution is -0.156. The Morgan fingerprint density at radius 3 is 2.44 bits per heavy atom. The summed E-state index contributed by atoms with van der Waals surface area (Å²) in [6, 6.07) is 7.47. The van der Waals surface area contributed by atoms with Crippen LogP contribution in [0.2, 0.25) is 0 Å². The Morgan fingerprint density at radius 1 is 1.12 bits per heavy atom. The van der Waals surface area contributed by atoms with Gasteiger partial charge in [0.2, 0.25) is 0 Å². The van der Waals surface area contributed by atoms with Gasteiger partial charge < -0.3 is 15.3 Å². The number of hydrogen-bond acceptors (Lipinski definition) is 4. The van der Waals surface area contributed by atoms with Crippen LogP contribution in [0.4, 0.5) is 0 Å². The number of nitrogens with zero attached hydrogens (tertiary/aromatic N) is 2. The van der Waals surface area contributed by atoms with E-state index in [1.54, 1.807) is 19.2 Å². The van der Waals surface area contributed by atoms with Gasteiger partial charge in [-0.15, -0.1) is 0 Å². The predicted molar refractivity (Wildman–Crippen MR) is 95.1 cm³/mol. The van der Waals surface area contributed by atoms with Crippen LogP contribution < -0.4 is 5.32 Å². The molecule has 2 heterocycles. The summed E-state index contributed by atoms with van der Waals surface area (Å²) in [4.78, 5) is 28.2. The second-order valence-corrected chi connectivity index (χ2v) is 7.12. The van der Waals surface area contributed by atoms with Crippen LogP contribution in [0.5, 0.6) is 0 Å². The zero-order chi connectivity index (χ0) is 17.9. The molecule has 0 aliphatic carbocycles. The number of likely N-dealkylation sites (tertiary alicyclic amines) is 2. The van der Waals surface area contributed by atoms with Crippen molar-refractivity contribution in [1.29, 1.82) is 0 Å². The summed E-state index contributed by atoms with van der Waals surface area (Å²) in [5.41, 5.74) is 0.445. The van der Waals surface area contributed by atoms with Gasteiger partial charge in [-0.3, -0.25) is 14.5 Å². The lowest BCUT2D eigenvalue weighted by Gasteiger charge is -2.40. The van der Waals surface area contributed by atoms with E-state index >= 15 is 0 Å². The van der Waals surface area contributed by atoms with E-state index in [1.165, 1.54) is 0 Å². The van der Waals surface area contributed by atoms with Gasteiger partial charge in [0.05, 0.1) is 0 Å². The molecule has 2 amide bonds. The molecule has 0 radical (unpaired) electrons. The lowest BCUT2D eigenvalue weighted by atomic mass is 9.91. The topological polar surface area (TPSA) is 72.9 Å². The van der Waals surface area contributed by atoms with Gasteiger partial charge in [-0.05, 0) is 49.9 Å². The molecule has 2 aliphatic rings. The molecular formula is C19H27N3O3. The second kappa shape index (κ2) is 7.54. The fourth-order valence-electron chi connectivity index (χ4n) is 3.81. The SMILES string of the molecule is CNC(=O)c1ccc(CN2CCC[C@](O)(C(=O)N3CCCC3)C2)cc1. The van der Waals surface area contributed by atoms with Gasteiger partial charge in [0.25, 0.3) is 11.8 Å². The minimum atomic E-state index is -1.26. The Labute approximate surface area is 148 Å². The molecule has 136 valence electrons. The van der Waals surface area contributed by atoms with Gasteiger partial charge >= 0.3 is 0 Å². The van der Waals surface area contributed by atoms with Gasteiger partial charge in [-0.2, -0.15) is 0 Å². The number of carbonyl (C=O) groups is 2. The third-order valence-electron chi connectivity index (χ3n) is 5.19. The van der Waals surface area contributed by atoms with Gasteiger partial charge in [0.15, 0.2) is 5.60 Å². The number of rotatable bonds is 4. The summed E-state index contributed by atoms with van der Waals surface area (Å²) in [6.45, 7) is 3.44. The van der Waals surface area contributed by atoms with Gasteiger partial charge in [-0.25, -0.2) is 0 Å². The Morgan fingerprint density at radius 2 is 1.80 bits per heavy atom. The van der Waals surface area contributed by atoms with E-state index in [4.69, 9.17) is 0 Å². The van der Waals surface area contributed by atoms with Crippen LogP contribution in [0.3, 0.4) is 0 Å². The molecule has 1 aromatic carbocycles. The van der Waals surface area contributed by atoms with E-state index in [0.29, 0.717) is 25.1 Å². The number of benzene rings is 1. The van der Waals surface area contributed by atoms with Crippen molar-refractivity contribution in [2.24, 2.45) is 0 Å². The first kappa shape index (κ1) is 17.9. The number of hydrogen-bond donors (Lipinski definition) is 2. The van der Waals surface area contributed by atoms with Gasteiger partial charge in [0, 0.05) is 38.8 Å². The molecule has 3 rings (SSSR count). The molecule has 2 aliphatic heterocycles. The van der Waals surface area contributed by atoms with Crippen LogP contribution in [0.15, 0.2) is 24.3 Å². The molecule has 25 heavy (non-hydrogen) atoms. The van der Waals surface area contributed by atoms with E-state index in [1.807, 2.05) is 17.0 Å². The van der Waals surface area contributed by atoms with Crippen molar-refractivity contribution in [3.63, 3.8) is 0 Å². The molecule has 1 atom stereocenters. The zero-order valence-corrected chi connectivity index (χ0v) is 14.8.